The van der Waals surface area contributed by atoms with E-state index in [4.69, 9.17) is 0 Å². The van der Waals surface area contributed by atoms with Gasteiger partial charge in [0.1, 0.15) is 5.82 Å². The number of rotatable bonds is 2. The van der Waals surface area contributed by atoms with Gasteiger partial charge in [0.25, 0.3) is 0 Å². The lowest BCUT2D eigenvalue weighted by molar-refractivity contribution is 0.199. The Hall–Kier alpha value is -1.09. The Balaban J connectivity index is 2.44. The second-order valence-electron chi connectivity index (χ2n) is 5.45. The maximum absolute atomic E-state index is 13.3. The Morgan fingerprint density at radius 3 is 2.65 bits per heavy atom. The van der Waals surface area contributed by atoms with Crippen LogP contribution in [0, 0.1) is 5.82 Å². The van der Waals surface area contributed by atoms with Crippen LogP contribution in [0.15, 0.2) is 18.2 Å². The number of benzene rings is 1. The molecule has 2 rings (SSSR count). The van der Waals surface area contributed by atoms with Gasteiger partial charge in [0.15, 0.2) is 0 Å². The van der Waals surface area contributed by atoms with E-state index >= 15 is 0 Å². The van der Waals surface area contributed by atoms with Gasteiger partial charge in [0.2, 0.25) is 0 Å². The normalized spacial score (nSPS) is 20.6. The highest BCUT2D eigenvalue weighted by atomic mass is 19.1. The SMILES string of the molecule is C[C@H](O)c1cc(F)ccc1N1CCCC1(C)C. The molecule has 0 radical (unpaired) electrons. The van der Waals surface area contributed by atoms with Crippen molar-refractivity contribution in [3.63, 3.8) is 0 Å². The molecule has 1 aliphatic rings. The number of hydrogen-bond donors (Lipinski definition) is 1. The van der Waals surface area contributed by atoms with Crippen LogP contribution in [0.5, 0.6) is 0 Å². The van der Waals surface area contributed by atoms with Gasteiger partial charge in [-0.2, -0.15) is 0 Å². The summed E-state index contributed by atoms with van der Waals surface area (Å²) in [5, 5.41) is 9.77. The number of anilines is 1. The fourth-order valence-electron chi connectivity index (χ4n) is 2.66. The predicted octanol–water partition coefficient (Wildman–Crippen LogP) is 3.26. The van der Waals surface area contributed by atoms with Gasteiger partial charge in [0.05, 0.1) is 6.10 Å². The van der Waals surface area contributed by atoms with E-state index < -0.39 is 6.10 Å². The van der Waals surface area contributed by atoms with Crippen LogP contribution in [0.3, 0.4) is 0 Å². The third kappa shape index (κ3) is 2.29. The molecule has 17 heavy (non-hydrogen) atoms. The van der Waals surface area contributed by atoms with Crippen LogP contribution < -0.4 is 4.90 Å². The van der Waals surface area contributed by atoms with Gasteiger partial charge >= 0.3 is 0 Å². The number of hydrogen-bond acceptors (Lipinski definition) is 2. The van der Waals surface area contributed by atoms with Crippen LogP contribution in [0.25, 0.3) is 0 Å². The molecule has 1 fully saturated rings. The molecule has 1 aromatic rings. The second-order valence-corrected chi connectivity index (χ2v) is 5.45. The molecule has 0 saturated carbocycles. The molecule has 0 bridgehead atoms. The highest BCUT2D eigenvalue weighted by molar-refractivity contribution is 5.57. The molecule has 0 amide bonds. The number of halogens is 1. The van der Waals surface area contributed by atoms with Gasteiger partial charge in [-0.25, -0.2) is 4.39 Å². The highest BCUT2D eigenvalue weighted by Gasteiger charge is 2.33. The van der Waals surface area contributed by atoms with Gasteiger partial charge in [0, 0.05) is 23.3 Å². The highest BCUT2D eigenvalue weighted by Crippen LogP contribution is 2.37. The van der Waals surface area contributed by atoms with E-state index in [-0.39, 0.29) is 11.4 Å². The zero-order chi connectivity index (χ0) is 12.6. The molecule has 94 valence electrons. The molecule has 0 spiro atoms. The number of nitrogens with zero attached hydrogens (tertiary/aromatic N) is 1. The Kier molecular flexibility index (Phi) is 3.13. The molecule has 1 aliphatic heterocycles. The third-order valence-electron chi connectivity index (χ3n) is 3.63. The maximum atomic E-state index is 13.3. The topological polar surface area (TPSA) is 23.5 Å². The van der Waals surface area contributed by atoms with Gasteiger partial charge in [-0.05, 0) is 51.8 Å². The van der Waals surface area contributed by atoms with Crippen molar-refractivity contribution in [1.29, 1.82) is 0 Å². The van der Waals surface area contributed by atoms with E-state index in [2.05, 4.69) is 18.7 Å². The Morgan fingerprint density at radius 1 is 1.41 bits per heavy atom. The molecule has 1 saturated heterocycles. The van der Waals surface area contributed by atoms with Gasteiger partial charge in [-0.3, -0.25) is 0 Å². The van der Waals surface area contributed by atoms with Crippen LogP contribution in [-0.2, 0) is 0 Å². The summed E-state index contributed by atoms with van der Waals surface area (Å²) in [4.78, 5) is 2.27. The van der Waals surface area contributed by atoms with Gasteiger partial charge in [-0.15, -0.1) is 0 Å². The van der Waals surface area contributed by atoms with Crippen molar-refractivity contribution < 1.29 is 9.50 Å². The lowest BCUT2D eigenvalue weighted by atomic mass is 9.99. The first kappa shape index (κ1) is 12.4. The molecule has 0 unspecified atom stereocenters. The molecule has 2 nitrogen and oxygen atoms in total. The largest absolute Gasteiger partial charge is 0.389 e. The molecule has 3 heteroatoms. The Morgan fingerprint density at radius 2 is 2.12 bits per heavy atom. The molecule has 1 atom stereocenters. The second kappa shape index (κ2) is 4.30. The first-order valence-electron chi connectivity index (χ1n) is 6.17. The summed E-state index contributed by atoms with van der Waals surface area (Å²) in [6.07, 6.45) is 1.63. The van der Waals surface area contributed by atoms with Crippen molar-refractivity contribution in [1.82, 2.24) is 0 Å². The monoisotopic (exact) mass is 237 g/mol. The first-order valence-corrected chi connectivity index (χ1v) is 6.17. The van der Waals surface area contributed by atoms with Crippen molar-refractivity contribution in [3.05, 3.63) is 29.6 Å². The minimum atomic E-state index is -0.642. The van der Waals surface area contributed by atoms with E-state index in [1.165, 1.54) is 12.1 Å². The van der Waals surface area contributed by atoms with Crippen molar-refractivity contribution in [2.75, 3.05) is 11.4 Å². The summed E-state index contributed by atoms with van der Waals surface area (Å²) < 4.78 is 13.3. The Bertz CT molecular complexity index is 415. The molecule has 1 heterocycles. The first-order chi connectivity index (χ1) is 7.92. The minimum Gasteiger partial charge on any atom is -0.389 e. The summed E-state index contributed by atoms with van der Waals surface area (Å²) in [6.45, 7) is 7.03. The van der Waals surface area contributed by atoms with Crippen molar-refractivity contribution in [3.8, 4) is 0 Å². The van der Waals surface area contributed by atoms with Crippen LogP contribution >= 0.6 is 0 Å². The summed E-state index contributed by atoms with van der Waals surface area (Å²) in [5.74, 6) is -0.290. The van der Waals surface area contributed by atoms with E-state index in [0.717, 1.165) is 25.1 Å². The van der Waals surface area contributed by atoms with Gasteiger partial charge < -0.3 is 10.0 Å². The molecule has 1 N–H and O–H groups in total. The average molecular weight is 237 g/mol. The molecular formula is C14H20FNO. The number of aliphatic hydroxyl groups excluding tert-OH is 1. The van der Waals surface area contributed by atoms with E-state index in [0.29, 0.717) is 5.56 Å². The molecule has 1 aromatic carbocycles. The molecular weight excluding hydrogens is 217 g/mol. The smallest absolute Gasteiger partial charge is 0.123 e. The van der Waals surface area contributed by atoms with Crippen molar-refractivity contribution in [2.45, 2.75) is 45.3 Å². The fraction of sp³-hybridized carbons (Fsp3) is 0.571. The predicted molar refractivity (Wildman–Crippen MR) is 67.7 cm³/mol. The number of aliphatic hydroxyl groups is 1. The van der Waals surface area contributed by atoms with E-state index in [1.54, 1.807) is 13.0 Å². The van der Waals surface area contributed by atoms with Crippen LogP contribution in [0.2, 0.25) is 0 Å². The zero-order valence-corrected chi connectivity index (χ0v) is 10.7. The molecule has 0 aromatic heterocycles. The summed E-state index contributed by atoms with van der Waals surface area (Å²) in [5.41, 5.74) is 1.73. The quantitative estimate of drug-likeness (QED) is 0.853. The van der Waals surface area contributed by atoms with E-state index in [9.17, 15) is 9.50 Å². The summed E-state index contributed by atoms with van der Waals surface area (Å²) in [7, 11) is 0. The van der Waals surface area contributed by atoms with Crippen molar-refractivity contribution in [2.24, 2.45) is 0 Å². The summed E-state index contributed by atoms with van der Waals surface area (Å²) >= 11 is 0. The average Bonchev–Trinajstić information content (AvgIpc) is 2.58. The van der Waals surface area contributed by atoms with Gasteiger partial charge in [-0.1, -0.05) is 0 Å². The fourth-order valence-corrected chi connectivity index (χ4v) is 2.66. The Labute approximate surface area is 102 Å². The van der Waals surface area contributed by atoms with Crippen LogP contribution in [0.4, 0.5) is 10.1 Å². The van der Waals surface area contributed by atoms with Crippen LogP contribution in [-0.4, -0.2) is 17.2 Å². The zero-order valence-electron chi connectivity index (χ0n) is 10.7. The lowest BCUT2D eigenvalue weighted by Crippen LogP contribution is -2.38. The standard InChI is InChI=1S/C14H20FNO/c1-10(17)12-9-11(15)5-6-13(12)16-8-4-7-14(16,2)3/h5-6,9-10,17H,4,7-8H2,1-3H3/t10-/m0/s1. The third-order valence-corrected chi connectivity index (χ3v) is 3.63. The van der Waals surface area contributed by atoms with Crippen molar-refractivity contribution >= 4 is 5.69 Å². The maximum Gasteiger partial charge on any atom is 0.123 e. The van der Waals surface area contributed by atoms with Crippen LogP contribution in [0.1, 0.15) is 45.3 Å². The summed E-state index contributed by atoms with van der Waals surface area (Å²) in [6, 6.07) is 4.69. The lowest BCUT2D eigenvalue weighted by Gasteiger charge is -2.35. The van der Waals surface area contributed by atoms with E-state index in [1.807, 2.05) is 0 Å². The minimum absolute atomic E-state index is 0.0848. The molecule has 0 aliphatic carbocycles.